The Morgan fingerprint density at radius 3 is 3.00 bits per heavy atom. The molecule has 6 nitrogen and oxygen atoms in total. The van der Waals surface area contributed by atoms with Gasteiger partial charge in [-0.1, -0.05) is 30.3 Å². The lowest BCUT2D eigenvalue weighted by molar-refractivity contribution is 0.328. The lowest BCUT2D eigenvalue weighted by Gasteiger charge is -2.26. The lowest BCUT2D eigenvalue weighted by Crippen LogP contribution is -2.34. The van der Waals surface area contributed by atoms with Crippen molar-refractivity contribution < 1.29 is 8.42 Å². The first-order valence-corrected chi connectivity index (χ1v) is 12.8. The number of benzene rings is 2. The number of rotatable bonds is 5. The molecule has 0 saturated carbocycles. The molecular weight excluding hydrogens is 408 g/mol. The van der Waals surface area contributed by atoms with E-state index in [2.05, 4.69) is 56.9 Å². The Kier molecular flexibility index (Phi) is 5.42. The Hall–Kier alpha value is -2.48. The first kappa shape index (κ1) is 20.4. The van der Waals surface area contributed by atoms with Crippen molar-refractivity contribution in [3.63, 3.8) is 0 Å². The summed E-state index contributed by atoms with van der Waals surface area (Å²) < 4.78 is 24.2. The summed E-state index contributed by atoms with van der Waals surface area (Å²) in [5.74, 6) is 0. The van der Waals surface area contributed by atoms with E-state index in [1.165, 1.54) is 22.9 Å². The van der Waals surface area contributed by atoms with Gasteiger partial charge in [0.2, 0.25) is 0 Å². The Morgan fingerprint density at radius 1 is 1.23 bits per heavy atom. The number of hydrogen-bond donors (Lipinski definition) is 2. The maximum atomic E-state index is 12.1. The minimum absolute atomic E-state index is 0.412. The van der Waals surface area contributed by atoms with Crippen LogP contribution in [0.15, 0.2) is 54.9 Å². The monoisotopic (exact) mass is 436 g/mol. The average Bonchev–Trinajstić information content (AvgIpc) is 3.19. The van der Waals surface area contributed by atoms with Gasteiger partial charge in [0.1, 0.15) is 5.37 Å². The van der Waals surface area contributed by atoms with Gasteiger partial charge in [-0.15, -0.1) is 0 Å². The largest absolute Gasteiger partial charge is 0.380 e. The summed E-state index contributed by atoms with van der Waals surface area (Å²) in [5, 5.41) is 8.64. The summed E-state index contributed by atoms with van der Waals surface area (Å²) in [7, 11) is -3.16. The third-order valence-electron chi connectivity index (χ3n) is 6.36. The first-order chi connectivity index (χ1) is 15.0. The smallest absolute Gasteiger partial charge is 0.167 e. The molecule has 2 N–H and O–H groups in total. The van der Waals surface area contributed by atoms with Crippen LogP contribution in [0.5, 0.6) is 0 Å². The second kappa shape index (κ2) is 8.22. The van der Waals surface area contributed by atoms with Gasteiger partial charge in [-0.05, 0) is 41.7 Å². The van der Waals surface area contributed by atoms with Crippen molar-refractivity contribution in [1.29, 1.82) is 0 Å². The summed E-state index contributed by atoms with van der Waals surface area (Å²) in [4.78, 5) is 6.69. The standard InChI is InChI=1S/C24H28N4O2S/c1-31(29,30)24-22-6-5-17(13-18(22)7-11-26-24)15-28-12-9-20(16-28)27-23-4-2-3-19-14-25-10-8-21(19)23/h2-6,8,10,13-14,20,24,26-27H,7,9,11-12,15-16H2,1H3/t20-,24?/m1/s1. The molecule has 0 amide bonds. The minimum atomic E-state index is -3.16. The van der Waals surface area contributed by atoms with E-state index in [9.17, 15) is 8.42 Å². The SMILES string of the molecule is CS(=O)(=O)C1NCCc2cc(CN3CC[C@@H](Nc4cccc5cnccc45)C3)ccc21. The molecule has 1 unspecified atom stereocenters. The quantitative estimate of drug-likeness (QED) is 0.640. The van der Waals surface area contributed by atoms with E-state index >= 15 is 0 Å². The number of nitrogens with zero attached hydrogens (tertiary/aromatic N) is 2. The van der Waals surface area contributed by atoms with E-state index in [0.717, 1.165) is 49.0 Å². The highest BCUT2D eigenvalue weighted by Crippen LogP contribution is 2.29. The topological polar surface area (TPSA) is 74.3 Å². The van der Waals surface area contributed by atoms with Gasteiger partial charge in [-0.2, -0.15) is 0 Å². The van der Waals surface area contributed by atoms with Crippen LogP contribution in [-0.2, 0) is 22.8 Å². The van der Waals surface area contributed by atoms with Crippen molar-refractivity contribution in [2.24, 2.45) is 0 Å². The lowest BCUT2D eigenvalue weighted by atomic mass is 9.98. The molecule has 3 heterocycles. The highest BCUT2D eigenvalue weighted by Gasteiger charge is 2.28. The van der Waals surface area contributed by atoms with Crippen LogP contribution < -0.4 is 10.6 Å². The maximum absolute atomic E-state index is 12.1. The molecular formula is C24H28N4O2S. The number of likely N-dealkylation sites (tertiary alicyclic amines) is 1. The molecule has 1 fully saturated rings. The Morgan fingerprint density at radius 2 is 2.13 bits per heavy atom. The van der Waals surface area contributed by atoms with Gasteiger partial charge in [0, 0.05) is 67.3 Å². The maximum Gasteiger partial charge on any atom is 0.167 e. The molecule has 0 bridgehead atoms. The molecule has 1 aromatic heterocycles. The van der Waals surface area contributed by atoms with Crippen LogP contribution in [0.2, 0.25) is 0 Å². The fraction of sp³-hybridized carbons (Fsp3) is 0.375. The van der Waals surface area contributed by atoms with Crippen molar-refractivity contribution in [3.05, 3.63) is 71.5 Å². The zero-order chi connectivity index (χ0) is 21.4. The van der Waals surface area contributed by atoms with Crippen LogP contribution in [-0.4, -0.2) is 50.2 Å². The first-order valence-electron chi connectivity index (χ1n) is 10.8. The third kappa shape index (κ3) is 4.31. The van der Waals surface area contributed by atoms with Gasteiger partial charge in [-0.25, -0.2) is 8.42 Å². The molecule has 3 aromatic rings. The second-order valence-corrected chi connectivity index (χ2v) is 10.8. The molecule has 7 heteroatoms. The minimum Gasteiger partial charge on any atom is -0.380 e. The van der Waals surface area contributed by atoms with E-state index < -0.39 is 15.2 Å². The fourth-order valence-electron chi connectivity index (χ4n) is 4.88. The van der Waals surface area contributed by atoms with E-state index in [1.807, 2.05) is 18.5 Å². The summed E-state index contributed by atoms with van der Waals surface area (Å²) >= 11 is 0. The second-order valence-electron chi connectivity index (χ2n) is 8.71. The number of hydrogen-bond acceptors (Lipinski definition) is 6. The summed E-state index contributed by atoms with van der Waals surface area (Å²) in [5.41, 5.74) is 4.48. The van der Waals surface area contributed by atoms with Crippen molar-refractivity contribution in [1.82, 2.24) is 15.2 Å². The van der Waals surface area contributed by atoms with Gasteiger partial charge in [0.05, 0.1) is 0 Å². The van der Waals surface area contributed by atoms with Crippen molar-refractivity contribution >= 4 is 26.3 Å². The molecule has 5 rings (SSSR count). The number of aromatic nitrogens is 1. The average molecular weight is 437 g/mol. The van der Waals surface area contributed by atoms with Gasteiger partial charge in [-0.3, -0.25) is 15.2 Å². The summed E-state index contributed by atoms with van der Waals surface area (Å²) in [6.45, 7) is 3.63. The Labute approximate surface area is 183 Å². The molecule has 0 radical (unpaired) electrons. The zero-order valence-corrected chi connectivity index (χ0v) is 18.5. The van der Waals surface area contributed by atoms with Gasteiger partial charge in [0.15, 0.2) is 9.84 Å². The van der Waals surface area contributed by atoms with E-state index in [4.69, 9.17) is 0 Å². The summed E-state index contributed by atoms with van der Waals surface area (Å²) in [6.07, 6.45) is 7.02. The molecule has 2 aliphatic heterocycles. The molecule has 2 aromatic carbocycles. The number of nitrogens with one attached hydrogen (secondary N) is 2. The number of anilines is 1. The van der Waals surface area contributed by atoms with Crippen molar-refractivity contribution in [3.8, 4) is 0 Å². The summed E-state index contributed by atoms with van der Waals surface area (Å²) in [6, 6.07) is 15.1. The number of fused-ring (bicyclic) bond motifs is 2. The predicted molar refractivity (Wildman–Crippen MR) is 125 cm³/mol. The van der Waals surface area contributed by atoms with Crippen molar-refractivity contribution in [2.75, 3.05) is 31.2 Å². The molecule has 2 atom stereocenters. The van der Waals surface area contributed by atoms with Crippen LogP contribution in [0.1, 0.15) is 28.5 Å². The zero-order valence-electron chi connectivity index (χ0n) is 17.7. The van der Waals surface area contributed by atoms with Crippen LogP contribution in [0, 0.1) is 0 Å². The van der Waals surface area contributed by atoms with Crippen LogP contribution in [0.3, 0.4) is 0 Å². The normalized spacial score (nSPS) is 21.8. The van der Waals surface area contributed by atoms with Crippen LogP contribution >= 0.6 is 0 Å². The molecule has 1 saturated heterocycles. The molecule has 162 valence electrons. The molecule has 2 aliphatic rings. The molecule has 0 spiro atoms. The molecule has 0 aliphatic carbocycles. The van der Waals surface area contributed by atoms with E-state index in [-0.39, 0.29) is 0 Å². The van der Waals surface area contributed by atoms with E-state index in [0.29, 0.717) is 12.6 Å². The highest BCUT2D eigenvalue weighted by molar-refractivity contribution is 7.90. The van der Waals surface area contributed by atoms with Gasteiger partial charge >= 0.3 is 0 Å². The van der Waals surface area contributed by atoms with Gasteiger partial charge in [0.25, 0.3) is 0 Å². The Bertz CT molecular complexity index is 1210. The van der Waals surface area contributed by atoms with Crippen molar-refractivity contribution in [2.45, 2.75) is 30.8 Å². The number of pyridine rings is 1. The predicted octanol–water partition coefficient (Wildman–Crippen LogP) is 3.11. The third-order valence-corrected chi connectivity index (χ3v) is 7.64. The highest BCUT2D eigenvalue weighted by atomic mass is 32.2. The Balaban J connectivity index is 1.26. The fourth-order valence-corrected chi connectivity index (χ4v) is 5.99. The van der Waals surface area contributed by atoms with Crippen LogP contribution in [0.4, 0.5) is 5.69 Å². The number of sulfone groups is 1. The molecule has 31 heavy (non-hydrogen) atoms. The van der Waals surface area contributed by atoms with Gasteiger partial charge < -0.3 is 5.32 Å². The van der Waals surface area contributed by atoms with Crippen LogP contribution in [0.25, 0.3) is 10.8 Å². The van der Waals surface area contributed by atoms with E-state index in [1.54, 1.807) is 0 Å².